The van der Waals surface area contributed by atoms with Crippen LogP contribution in [0.15, 0.2) is 18.6 Å². The minimum absolute atomic E-state index is 0.0661. The minimum atomic E-state index is 0.0661. The quantitative estimate of drug-likeness (QED) is 0.575. The number of hydrazine groups is 1. The molecule has 3 aromatic rings. The van der Waals surface area contributed by atoms with Crippen molar-refractivity contribution >= 4 is 27.4 Å². The van der Waals surface area contributed by atoms with Crippen LogP contribution in [-0.2, 0) is 12.8 Å². The molecule has 2 unspecified atom stereocenters. The van der Waals surface area contributed by atoms with Crippen molar-refractivity contribution in [1.29, 1.82) is 0 Å². The number of aromatic nitrogens is 4. The average molecular weight is 437 g/mol. The van der Waals surface area contributed by atoms with Gasteiger partial charge in [-0.05, 0) is 56.4 Å². The summed E-state index contributed by atoms with van der Waals surface area (Å²) in [4.78, 5) is 23.8. The fourth-order valence-corrected chi connectivity index (χ4v) is 6.58. The van der Waals surface area contributed by atoms with E-state index in [1.807, 2.05) is 11.3 Å². The normalized spacial score (nSPS) is 24.6. The van der Waals surface area contributed by atoms with Crippen molar-refractivity contribution in [2.75, 3.05) is 18.0 Å². The number of piperidine rings is 1. The van der Waals surface area contributed by atoms with E-state index >= 15 is 0 Å². The van der Waals surface area contributed by atoms with Crippen LogP contribution >= 0.6 is 11.3 Å². The fraction of sp³-hybridized carbons (Fsp3) is 0.545. The molecular formula is C22H28N8S. The average Bonchev–Trinajstić information content (AvgIpc) is 3.42. The van der Waals surface area contributed by atoms with Crippen molar-refractivity contribution in [3.05, 3.63) is 29.0 Å². The Morgan fingerprint density at radius 1 is 1.06 bits per heavy atom. The molecule has 31 heavy (non-hydrogen) atoms. The third kappa shape index (κ3) is 3.59. The first-order valence-corrected chi connectivity index (χ1v) is 12.2. The highest BCUT2D eigenvalue weighted by Gasteiger charge is 2.33. The second-order valence-corrected chi connectivity index (χ2v) is 10.00. The van der Waals surface area contributed by atoms with Gasteiger partial charge in [0.25, 0.3) is 0 Å². The topological polar surface area (TPSA) is 105 Å². The smallest absolute Gasteiger partial charge is 0.183 e. The largest absolute Gasteiger partial charge is 0.356 e. The summed E-state index contributed by atoms with van der Waals surface area (Å²) in [6.45, 7) is 2.02. The second-order valence-electron chi connectivity index (χ2n) is 8.91. The first kappa shape index (κ1) is 19.5. The van der Waals surface area contributed by atoms with Crippen LogP contribution < -0.4 is 21.5 Å². The Bertz CT molecular complexity index is 1080. The standard InChI is InChI=1S/C22H28N8S/c23-18-11-15(28-29-18)13-5-9-30(10-6-13)21-19-14-3-1-2-4-17(14)31-22(19)27-20(26-21)16-12-24-7-8-25-16/h7-8,12-13,15,18,28-29H,1-6,9-11,23H2. The number of nitrogens with one attached hydrogen (secondary N) is 2. The van der Waals surface area contributed by atoms with Gasteiger partial charge >= 0.3 is 0 Å². The van der Waals surface area contributed by atoms with Crippen LogP contribution in [0.25, 0.3) is 21.7 Å². The number of hydrogen-bond donors (Lipinski definition) is 3. The van der Waals surface area contributed by atoms with Crippen LogP contribution in [-0.4, -0.2) is 45.2 Å². The van der Waals surface area contributed by atoms with Crippen molar-refractivity contribution < 1.29 is 0 Å². The molecule has 3 aliphatic rings. The van der Waals surface area contributed by atoms with Gasteiger partial charge in [0.2, 0.25) is 0 Å². The molecule has 2 atom stereocenters. The van der Waals surface area contributed by atoms with Crippen molar-refractivity contribution in [3.8, 4) is 11.5 Å². The summed E-state index contributed by atoms with van der Waals surface area (Å²) >= 11 is 1.85. The molecule has 3 aromatic heterocycles. The fourth-order valence-electron chi connectivity index (χ4n) is 5.33. The van der Waals surface area contributed by atoms with Crippen molar-refractivity contribution in [1.82, 2.24) is 30.8 Å². The van der Waals surface area contributed by atoms with E-state index in [2.05, 4.69) is 25.7 Å². The number of nitrogens with two attached hydrogens (primary N) is 1. The van der Waals surface area contributed by atoms with E-state index in [9.17, 15) is 0 Å². The van der Waals surface area contributed by atoms with Gasteiger partial charge in [-0.25, -0.2) is 20.4 Å². The molecule has 9 heteroatoms. The summed E-state index contributed by atoms with van der Waals surface area (Å²) in [5, 5.41) is 1.29. The summed E-state index contributed by atoms with van der Waals surface area (Å²) in [7, 11) is 0. The van der Waals surface area contributed by atoms with Crippen LogP contribution in [0, 0.1) is 5.92 Å². The maximum Gasteiger partial charge on any atom is 0.183 e. The van der Waals surface area contributed by atoms with E-state index in [1.54, 1.807) is 18.6 Å². The number of thiophene rings is 1. The highest BCUT2D eigenvalue weighted by molar-refractivity contribution is 7.19. The van der Waals surface area contributed by atoms with Crippen LogP contribution in [0.5, 0.6) is 0 Å². The highest BCUT2D eigenvalue weighted by Crippen LogP contribution is 2.41. The number of hydrogen-bond acceptors (Lipinski definition) is 9. The summed E-state index contributed by atoms with van der Waals surface area (Å²) in [5.74, 6) is 2.42. The van der Waals surface area contributed by atoms with Crippen molar-refractivity contribution in [2.24, 2.45) is 11.7 Å². The molecule has 2 aliphatic heterocycles. The maximum absolute atomic E-state index is 6.03. The van der Waals surface area contributed by atoms with E-state index in [4.69, 9.17) is 15.7 Å². The highest BCUT2D eigenvalue weighted by atomic mass is 32.1. The molecule has 0 saturated carbocycles. The molecule has 1 aliphatic carbocycles. The Balaban J connectivity index is 1.36. The van der Waals surface area contributed by atoms with Gasteiger partial charge in [-0.3, -0.25) is 10.4 Å². The van der Waals surface area contributed by atoms with Gasteiger partial charge in [-0.15, -0.1) is 11.3 Å². The predicted molar refractivity (Wildman–Crippen MR) is 123 cm³/mol. The summed E-state index contributed by atoms with van der Waals surface area (Å²) in [5.41, 5.74) is 14.8. The van der Waals surface area contributed by atoms with E-state index < -0.39 is 0 Å². The van der Waals surface area contributed by atoms with Gasteiger partial charge in [-0.1, -0.05) is 0 Å². The third-order valence-corrected chi connectivity index (χ3v) is 8.14. The van der Waals surface area contributed by atoms with Crippen LogP contribution in [0.2, 0.25) is 0 Å². The summed E-state index contributed by atoms with van der Waals surface area (Å²) in [6, 6.07) is 0.464. The molecular weight excluding hydrogens is 408 g/mol. The zero-order valence-electron chi connectivity index (χ0n) is 17.5. The number of nitrogens with zero attached hydrogens (tertiary/aromatic N) is 5. The van der Waals surface area contributed by atoms with Crippen LogP contribution in [0.1, 0.15) is 42.5 Å². The Morgan fingerprint density at radius 2 is 1.94 bits per heavy atom. The van der Waals surface area contributed by atoms with Gasteiger partial charge in [-0.2, -0.15) is 0 Å². The molecule has 5 heterocycles. The van der Waals surface area contributed by atoms with E-state index in [-0.39, 0.29) is 6.17 Å². The maximum atomic E-state index is 6.03. The molecule has 0 spiro atoms. The molecule has 8 nitrogen and oxygen atoms in total. The SMILES string of the molecule is NC1CC(C2CCN(c3nc(-c4cnccn4)nc4sc5c(c34)CCCC5)CC2)NN1. The third-order valence-electron chi connectivity index (χ3n) is 6.96. The van der Waals surface area contributed by atoms with E-state index in [0.717, 1.165) is 55.1 Å². The Kier molecular flexibility index (Phi) is 5.06. The molecule has 0 bridgehead atoms. The van der Waals surface area contributed by atoms with Gasteiger partial charge < -0.3 is 10.6 Å². The molecule has 2 fully saturated rings. The number of anilines is 1. The molecule has 2 saturated heterocycles. The molecule has 6 rings (SSSR count). The van der Waals surface area contributed by atoms with Crippen molar-refractivity contribution in [2.45, 2.75) is 57.2 Å². The minimum Gasteiger partial charge on any atom is -0.356 e. The molecule has 4 N–H and O–H groups in total. The van der Waals surface area contributed by atoms with Gasteiger partial charge in [0.15, 0.2) is 5.82 Å². The first-order chi connectivity index (χ1) is 15.3. The number of aryl methyl sites for hydroxylation is 2. The second kappa shape index (κ2) is 8.05. The predicted octanol–water partition coefficient (Wildman–Crippen LogP) is 2.39. The summed E-state index contributed by atoms with van der Waals surface area (Å²) in [6.07, 6.45) is 13.3. The molecule has 0 amide bonds. The molecule has 0 radical (unpaired) electrons. The van der Waals surface area contributed by atoms with Gasteiger partial charge in [0.05, 0.1) is 17.7 Å². The van der Waals surface area contributed by atoms with Gasteiger partial charge in [0.1, 0.15) is 16.3 Å². The lowest BCUT2D eigenvalue weighted by molar-refractivity contribution is 0.310. The lowest BCUT2D eigenvalue weighted by Gasteiger charge is -2.35. The van der Waals surface area contributed by atoms with Crippen LogP contribution in [0.3, 0.4) is 0 Å². The number of fused-ring (bicyclic) bond motifs is 3. The first-order valence-electron chi connectivity index (χ1n) is 11.4. The Labute approximate surface area is 185 Å². The van der Waals surface area contributed by atoms with Gasteiger partial charge in [0, 0.05) is 36.4 Å². The molecule has 162 valence electrons. The van der Waals surface area contributed by atoms with Crippen molar-refractivity contribution in [3.63, 3.8) is 0 Å². The Morgan fingerprint density at radius 3 is 2.71 bits per heavy atom. The molecule has 0 aromatic carbocycles. The zero-order chi connectivity index (χ0) is 20.8. The zero-order valence-corrected chi connectivity index (χ0v) is 18.4. The van der Waals surface area contributed by atoms with E-state index in [0.29, 0.717) is 17.8 Å². The lowest BCUT2D eigenvalue weighted by atomic mass is 9.88. The van der Waals surface area contributed by atoms with Crippen LogP contribution in [0.4, 0.5) is 5.82 Å². The monoisotopic (exact) mass is 436 g/mol. The van der Waals surface area contributed by atoms with E-state index in [1.165, 1.54) is 35.1 Å². The lowest BCUT2D eigenvalue weighted by Crippen LogP contribution is -2.43. The number of rotatable bonds is 3. The Hall–Kier alpha value is -2.20. The summed E-state index contributed by atoms with van der Waals surface area (Å²) < 4.78 is 0.